The second kappa shape index (κ2) is 8.00. The largest absolute Gasteiger partial charge is 0.467 e. The van der Waals surface area contributed by atoms with E-state index in [1.165, 1.54) is 12.1 Å². The van der Waals surface area contributed by atoms with Gasteiger partial charge in [-0.25, -0.2) is 9.59 Å². The molecule has 8 heteroatoms. The fraction of sp³-hybridized carbons (Fsp3) is 0.412. The van der Waals surface area contributed by atoms with Gasteiger partial charge in [0, 0.05) is 4.47 Å². The molecule has 0 spiro atoms. The maximum absolute atomic E-state index is 12.6. The Morgan fingerprint density at radius 3 is 2.08 bits per heavy atom. The molecule has 0 saturated carbocycles. The van der Waals surface area contributed by atoms with Gasteiger partial charge < -0.3 is 9.47 Å². The van der Waals surface area contributed by atoms with Gasteiger partial charge in [0.25, 0.3) is 0 Å². The molecule has 0 aliphatic rings. The minimum atomic E-state index is -2.03. The van der Waals surface area contributed by atoms with Crippen molar-refractivity contribution in [1.82, 2.24) is 5.32 Å². The first-order chi connectivity index (χ1) is 11.6. The van der Waals surface area contributed by atoms with Gasteiger partial charge in [-0.05, 0) is 38.5 Å². The highest BCUT2D eigenvalue weighted by molar-refractivity contribution is 9.10. The lowest BCUT2D eigenvalue weighted by Gasteiger charge is -2.33. The van der Waals surface area contributed by atoms with E-state index in [-0.39, 0.29) is 5.56 Å². The summed E-state index contributed by atoms with van der Waals surface area (Å²) in [6.07, 6.45) is -0.948. The SMILES string of the molecule is COC(=O)[C@@](NC(=O)OC(C)(C)C)(c1ccc(Br)cc1)C(C#N)C#N. The van der Waals surface area contributed by atoms with E-state index in [9.17, 15) is 20.1 Å². The molecule has 1 aromatic rings. The van der Waals surface area contributed by atoms with Crippen LogP contribution in [0.25, 0.3) is 0 Å². The van der Waals surface area contributed by atoms with Gasteiger partial charge in [-0.1, -0.05) is 28.1 Å². The molecule has 1 N–H and O–H groups in total. The molecule has 132 valence electrons. The number of alkyl carbamates (subject to hydrolysis) is 1. The molecule has 0 radical (unpaired) electrons. The number of amides is 1. The number of halogens is 1. The van der Waals surface area contributed by atoms with E-state index in [4.69, 9.17) is 9.47 Å². The third-order valence-electron chi connectivity index (χ3n) is 3.20. The first kappa shape index (κ1) is 20.5. The first-order valence-electron chi connectivity index (χ1n) is 7.25. The molecule has 0 aliphatic carbocycles. The van der Waals surface area contributed by atoms with Crippen molar-refractivity contribution in [3.8, 4) is 12.1 Å². The monoisotopic (exact) mass is 407 g/mol. The Bertz CT molecular complexity index is 714. The Morgan fingerprint density at radius 1 is 1.16 bits per heavy atom. The summed E-state index contributed by atoms with van der Waals surface area (Å²) < 4.78 is 10.7. The summed E-state index contributed by atoms with van der Waals surface area (Å²) >= 11 is 3.27. The Hall–Kier alpha value is -2.58. The number of nitriles is 2. The quantitative estimate of drug-likeness (QED) is 0.767. The molecule has 0 saturated heterocycles. The normalized spacial score (nSPS) is 13.1. The highest BCUT2D eigenvalue weighted by atomic mass is 79.9. The smallest absolute Gasteiger partial charge is 0.408 e. The van der Waals surface area contributed by atoms with E-state index < -0.39 is 29.1 Å². The third-order valence-corrected chi connectivity index (χ3v) is 3.72. The van der Waals surface area contributed by atoms with Gasteiger partial charge in [-0.15, -0.1) is 0 Å². The van der Waals surface area contributed by atoms with E-state index in [1.54, 1.807) is 45.0 Å². The van der Waals surface area contributed by atoms with Crippen molar-refractivity contribution in [3.05, 3.63) is 34.3 Å². The van der Waals surface area contributed by atoms with Crippen LogP contribution >= 0.6 is 15.9 Å². The number of methoxy groups -OCH3 is 1. The van der Waals surface area contributed by atoms with E-state index in [0.29, 0.717) is 0 Å². The molecule has 0 unspecified atom stereocenters. The first-order valence-corrected chi connectivity index (χ1v) is 8.05. The zero-order chi connectivity index (χ0) is 19.3. The number of nitrogens with zero attached hydrogens (tertiary/aromatic N) is 2. The van der Waals surface area contributed by atoms with Gasteiger partial charge >= 0.3 is 12.1 Å². The summed E-state index contributed by atoms with van der Waals surface area (Å²) in [6, 6.07) is 9.76. The van der Waals surface area contributed by atoms with Crippen LogP contribution in [0.3, 0.4) is 0 Å². The Morgan fingerprint density at radius 2 is 1.68 bits per heavy atom. The van der Waals surface area contributed by atoms with Crippen LogP contribution in [0.5, 0.6) is 0 Å². The second-order valence-electron chi connectivity index (χ2n) is 6.12. The second-order valence-corrected chi connectivity index (χ2v) is 7.04. The van der Waals surface area contributed by atoms with Crippen LogP contribution in [0.15, 0.2) is 28.7 Å². The number of hydrogen-bond donors (Lipinski definition) is 1. The van der Waals surface area contributed by atoms with E-state index in [0.717, 1.165) is 11.6 Å². The number of benzene rings is 1. The summed E-state index contributed by atoms with van der Waals surface area (Å²) in [4.78, 5) is 24.9. The van der Waals surface area contributed by atoms with Gasteiger partial charge in [0.15, 0.2) is 11.5 Å². The molecule has 1 atom stereocenters. The van der Waals surface area contributed by atoms with E-state index in [1.807, 2.05) is 0 Å². The van der Waals surface area contributed by atoms with Gasteiger partial charge in [0.1, 0.15) is 5.60 Å². The predicted molar refractivity (Wildman–Crippen MR) is 91.9 cm³/mol. The van der Waals surface area contributed by atoms with Crippen molar-refractivity contribution >= 4 is 28.0 Å². The van der Waals surface area contributed by atoms with Crippen LogP contribution in [0, 0.1) is 28.6 Å². The van der Waals surface area contributed by atoms with E-state index >= 15 is 0 Å². The van der Waals surface area contributed by atoms with Crippen molar-refractivity contribution < 1.29 is 19.1 Å². The molecule has 1 amide bonds. The zero-order valence-electron chi connectivity index (χ0n) is 14.3. The maximum atomic E-state index is 12.6. The van der Waals surface area contributed by atoms with Crippen molar-refractivity contribution in [2.45, 2.75) is 31.9 Å². The van der Waals surface area contributed by atoms with Crippen LogP contribution in [-0.2, 0) is 19.8 Å². The van der Waals surface area contributed by atoms with Crippen molar-refractivity contribution in [1.29, 1.82) is 10.5 Å². The van der Waals surface area contributed by atoms with Crippen molar-refractivity contribution in [2.75, 3.05) is 7.11 Å². The Balaban J connectivity index is 3.54. The molecule has 25 heavy (non-hydrogen) atoms. The molecular formula is C17H18BrN3O4. The van der Waals surface area contributed by atoms with Crippen LogP contribution in [-0.4, -0.2) is 24.8 Å². The van der Waals surface area contributed by atoms with Gasteiger partial charge in [0.2, 0.25) is 0 Å². The summed E-state index contributed by atoms with van der Waals surface area (Å²) in [5.74, 6) is -2.48. The lowest BCUT2D eigenvalue weighted by atomic mass is 9.79. The average Bonchev–Trinajstić information content (AvgIpc) is 2.53. The molecule has 0 aromatic heterocycles. The number of rotatable bonds is 4. The number of esters is 1. The molecule has 7 nitrogen and oxygen atoms in total. The summed E-state index contributed by atoms with van der Waals surface area (Å²) in [7, 11) is 1.11. The summed E-state index contributed by atoms with van der Waals surface area (Å²) in [5, 5.41) is 21.2. The minimum absolute atomic E-state index is 0.224. The fourth-order valence-corrected chi connectivity index (χ4v) is 2.42. The number of carbonyl (C=O) groups excluding carboxylic acids is 2. The summed E-state index contributed by atoms with van der Waals surface area (Å²) in [6.45, 7) is 4.95. The van der Waals surface area contributed by atoms with Gasteiger partial charge in [0.05, 0.1) is 19.2 Å². The Labute approximate surface area is 154 Å². The van der Waals surface area contributed by atoms with Crippen LogP contribution in [0.1, 0.15) is 26.3 Å². The topological polar surface area (TPSA) is 112 Å². The Kier molecular flexibility index (Phi) is 6.55. The van der Waals surface area contributed by atoms with Crippen molar-refractivity contribution in [2.24, 2.45) is 5.92 Å². The van der Waals surface area contributed by atoms with Crippen molar-refractivity contribution in [3.63, 3.8) is 0 Å². The molecule has 1 aromatic carbocycles. The van der Waals surface area contributed by atoms with Crippen LogP contribution < -0.4 is 5.32 Å². The third kappa shape index (κ3) is 4.71. The average molecular weight is 408 g/mol. The zero-order valence-corrected chi connectivity index (χ0v) is 15.9. The van der Waals surface area contributed by atoms with E-state index in [2.05, 4.69) is 21.2 Å². The fourth-order valence-electron chi connectivity index (χ4n) is 2.16. The maximum Gasteiger partial charge on any atom is 0.408 e. The predicted octanol–water partition coefficient (Wildman–Crippen LogP) is 3.01. The molecule has 0 aliphatic heterocycles. The molecule has 1 rings (SSSR count). The van der Waals surface area contributed by atoms with Crippen LogP contribution in [0.4, 0.5) is 4.79 Å². The van der Waals surface area contributed by atoms with Gasteiger partial charge in [-0.3, -0.25) is 5.32 Å². The lowest BCUT2D eigenvalue weighted by molar-refractivity contribution is -0.150. The highest BCUT2D eigenvalue weighted by Gasteiger charge is 2.51. The number of nitrogens with one attached hydrogen (secondary N) is 1. The number of carbonyl (C=O) groups is 2. The van der Waals surface area contributed by atoms with Gasteiger partial charge in [-0.2, -0.15) is 10.5 Å². The van der Waals surface area contributed by atoms with Crippen LogP contribution in [0.2, 0.25) is 0 Å². The molecule has 0 bridgehead atoms. The lowest BCUT2D eigenvalue weighted by Crippen LogP contribution is -2.57. The highest BCUT2D eigenvalue weighted by Crippen LogP contribution is 2.32. The molecular weight excluding hydrogens is 390 g/mol. The molecule has 0 fully saturated rings. The summed E-state index contributed by atoms with van der Waals surface area (Å²) in [5.41, 5.74) is -2.64. The standard InChI is InChI=1S/C17H18BrN3O4/c1-16(2,3)25-15(23)21-17(14(22)24-4,12(9-19)10-20)11-5-7-13(18)8-6-11/h5-8,12H,1-4H3,(H,21,23)/t17-/m1/s1. The minimum Gasteiger partial charge on any atom is -0.467 e. The molecule has 0 heterocycles. The number of ether oxygens (including phenoxy) is 2. The number of hydrogen-bond acceptors (Lipinski definition) is 6.